The molecule has 3 rings (SSSR count). The van der Waals surface area contributed by atoms with E-state index in [2.05, 4.69) is 46.1 Å². The molecule has 0 amide bonds. The molecule has 18 heavy (non-hydrogen) atoms. The number of likely N-dealkylation sites (tertiary alicyclic amines) is 1. The molecule has 0 radical (unpaired) electrons. The summed E-state index contributed by atoms with van der Waals surface area (Å²) < 4.78 is 2.34. The third-order valence-corrected chi connectivity index (χ3v) is 3.95. The standard InChI is InChI=1S/C16H22N2/c1-4-9-17(10-5-1)11-6-12-18-13-15-7-2-3-8-16(15)14-18/h2-3,7-8,13-14H,1,4-6,9-12H2. The fourth-order valence-corrected chi connectivity index (χ4v) is 2.93. The summed E-state index contributed by atoms with van der Waals surface area (Å²) in [7, 11) is 0. The van der Waals surface area contributed by atoms with Gasteiger partial charge in [-0.3, -0.25) is 0 Å². The van der Waals surface area contributed by atoms with E-state index < -0.39 is 0 Å². The topological polar surface area (TPSA) is 8.17 Å². The van der Waals surface area contributed by atoms with E-state index in [1.165, 1.54) is 56.1 Å². The minimum absolute atomic E-state index is 1.14. The highest BCUT2D eigenvalue weighted by atomic mass is 15.1. The third-order valence-electron chi connectivity index (χ3n) is 3.95. The second-order valence-corrected chi connectivity index (χ2v) is 5.38. The summed E-state index contributed by atoms with van der Waals surface area (Å²) in [6.07, 6.45) is 10.0. The number of hydrogen-bond donors (Lipinski definition) is 0. The van der Waals surface area contributed by atoms with E-state index in [0.29, 0.717) is 0 Å². The van der Waals surface area contributed by atoms with Gasteiger partial charge in [-0.05, 0) is 49.7 Å². The largest absolute Gasteiger partial charge is 0.353 e. The van der Waals surface area contributed by atoms with Crippen molar-refractivity contribution in [1.82, 2.24) is 9.47 Å². The molecule has 2 aromatic rings. The summed E-state index contributed by atoms with van der Waals surface area (Å²) in [6.45, 7) is 5.03. The molecule has 0 atom stereocenters. The Morgan fingerprint density at radius 1 is 0.833 bits per heavy atom. The smallest absolute Gasteiger partial charge is 0.0232 e. The van der Waals surface area contributed by atoms with Crippen molar-refractivity contribution in [2.75, 3.05) is 19.6 Å². The summed E-state index contributed by atoms with van der Waals surface area (Å²) >= 11 is 0. The zero-order valence-electron chi connectivity index (χ0n) is 11.0. The van der Waals surface area contributed by atoms with Crippen LogP contribution in [-0.2, 0) is 6.54 Å². The Kier molecular flexibility index (Phi) is 3.65. The first-order chi connectivity index (χ1) is 8.92. The van der Waals surface area contributed by atoms with Crippen molar-refractivity contribution in [2.45, 2.75) is 32.2 Å². The van der Waals surface area contributed by atoms with Crippen LogP contribution >= 0.6 is 0 Å². The quantitative estimate of drug-likeness (QED) is 0.796. The van der Waals surface area contributed by atoms with E-state index >= 15 is 0 Å². The number of aryl methyl sites for hydroxylation is 1. The second kappa shape index (κ2) is 5.57. The summed E-state index contributed by atoms with van der Waals surface area (Å²) in [4.78, 5) is 2.62. The molecule has 96 valence electrons. The molecule has 0 saturated carbocycles. The Balaban J connectivity index is 1.53. The molecule has 1 aliphatic heterocycles. The van der Waals surface area contributed by atoms with Gasteiger partial charge in [0.15, 0.2) is 0 Å². The fourth-order valence-electron chi connectivity index (χ4n) is 2.93. The Bertz CT molecular complexity index is 462. The van der Waals surface area contributed by atoms with Crippen LogP contribution < -0.4 is 0 Å². The number of hydrogen-bond acceptors (Lipinski definition) is 1. The Labute approximate surface area is 109 Å². The highest BCUT2D eigenvalue weighted by molar-refractivity contribution is 5.81. The summed E-state index contributed by atoms with van der Waals surface area (Å²) in [5, 5.41) is 2.71. The molecule has 1 fully saturated rings. The van der Waals surface area contributed by atoms with Gasteiger partial charge < -0.3 is 9.47 Å². The van der Waals surface area contributed by atoms with E-state index in [0.717, 1.165) is 6.54 Å². The Morgan fingerprint density at radius 2 is 1.50 bits per heavy atom. The van der Waals surface area contributed by atoms with Gasteiger partial charge in [-0.15, -0.1) is 0 Å². The van der Waals surface area contributed by atoms with Gasteiger partial charge in [0.25, 0.3) is 0 Å². The molecule has 1 aromatic carbocycles. The van der Waals surface area contributed by atoms with Crippen LogP contribution in [0.5, 0.6) is 0 Å². The van der Waals surface area contributed by atoms with E-state index in [9.17, 15) is 0 Å². The van der Waals surface area contributed by atoms with Crippen molar-refractivity contribution >= 4 is 10.8 Å². The van der Waals surface area contributed by atoms with Gasteiger partial charge in [0.2, 0.25) is 0 Å². The maximum absolute atomic E-state index is 2.62. The fraction of sp³-hybridized carbons (Fsp3) is 0.500. The van der Waals surface area contributed by atoms with Crippen LogP contribution in [0.4, 0.5) is 0 Å². The molecule has 2 heteroatoms. The number of benzene rings is 1. The molecular weight excluding hydrogens is 220 g/mol. The summed E-state index contributed by atoms with van der Waals surface area (Å²) in [6, 6.07) is 8.60. The molecule has 0 bridgehead atoms. The number of aromatic nitrogens is 1. The average molecular weight is 242 g/mol. The van der Waals surface area contributed by atoms with E-state index in [-0.39, 0.29) is 0 Å². The third kappa shape index (κ3) is 2.75. The van der Waals surface area contributed by atoms with Gasteiger partial charge in [-0.25, -0.2) is 0 Å². The van der Waals surface area contributed by atoms with Gasteiger partial charge in [0, 0.05) is 18.9 Å². The first-order valence-corrected chi connectivity index (χ1v) is 7.19. The molecule has 0 N–H and O–H groups in total. The van der Waals surface area contributed by atoms with Crippen molar-refractivity contribution in [1.29, 1.82) is 0 Å². The average Bonchev–Trinajstić information content (AvgIpc) is 2.82. The SMILES string of the molecule is c1ccc2cn(CCCN3CCCCC3)cc2c1. The van der Waals surface area contributed by atoms with Gasteiger partial charge in [0.1, 0.15) is 0 Å². The first-order valence-electron chi connectivity index (χ1n) is 7.19. The van der Waals surface area contributed by atoms with Crippen molar-refractivity contribution < 1.29 is 0 Å². The summed E-state index contributed by atoms with van der Waals surface area (Å²) in [5.41, 5.74) is 0. The Hall–Kier alpha value is -1.28. The molecular formula is C16H22N2. The van der Waals surface area contributed by atoms with Gasteiger partial charge in [-0.1, -0.05) is 30.7 Å². The van der Waals surface area contributed by atoms with Gasteiger partial charge in [-0.2, -0.15) is 0 Å². The van der Waals surface area contributed by atoms with Crippen LogP contribution in [0.3, 0.4) is 0 Å². The van der Waals surface area contributed by atoms with Gasteiger partial charge >= 0.3 is 0 Å². The lowest BCUT2D eigenvalue weighted by Crippen LogP contribution is -2.31. The van der Waals surface area contributed by atoms with E-state index in [1.807, 2.05) is 0 Å². The number of fused-ring (bicyclic) bond motifs is 1. The lowest BCUT2D eigenvalue weighted by atomic mass is 10.1. The van der Waals surface area contributed by atoms with Crippen LogP contribution in [-0.4, -0.2) is 29.1 Å². The Morgan fingerprint density at radius 3 is 2.17 bits per heavy atom. The number of nitrogens with zero attached hydrogens (tertiary/aromatic N) is 2. The zero-order valence-corrected chi connectivity index (χ0v) is 11.0. The maximum Gasteiger partial charge on any atom is 0.0232 e. The van der Waals surface area contributed by atoms with Crippen LogP contribution in [0.2, 0.25) is 0 Å². The maximum atomic E-state index is 2.62. The molecule has 0 unspecified atom stereocenters. The van der Waals surface area contributed by atoms with Crippen LogP contribution in [0.1, 0.15) is 25.7 Å². The molecule has 1 aliphatic rings. The molecule has 2 heterocycles. The second-order valence-electron chi connectivity index (χ2n) is 5.38. The highest BCUT2D eigenvalue weighted by Crippen LogP contribution is 2.15. The number of piperidine rings is 1. The molecule has 0 spiro atoms. The van der Waals surface area contributed by atoms with Crippen molar-refractivity contribution in [3.8, 4) is 0 Å². The molecule has 2 nitrogen and oxygen atoms in total. The zero-order chi connectivity index (χ0) is 12.2. The monoisotopic (exact) mass is 242 g/mol. The lowest BCUT2D eigenvalue weighted by molar-refractivity contribution is 0.223. The van der Waals surface area contributed by atoms with E-state index in [4.69, 9.17) is 0 Å². The normalized spacial score (nSPS) is 17.3. The predicted molar refractivity (Wildman–Crippen MR) is 76.8 cm³/mol. The van der Waals surface area contributed by atoms with Crippen LogP contribution in [0.25, 0.3) is 10.8 Å². The first kappa shape index (κ1) is 11.8. The molecule has 0 aliphatic carbocycles. The predicted octanol–water partition coefficient (Wildman–Crippen LogP) is 3.52. The van der Waals surface area contributed by atoms with Crippen molar-refractivity contribution in [2.24, 2.45) is 0 Å². The number of rotatable bonds is 4. The lowest BCUT2D eigenvalue weighted by Gasteiger charge is -2.26. The minimum atomic E-state index is 1.14. The van der Waals surface area contributed by atoms with Crippen LogP contribution in [0, 0.1) is 0 Å². The van der Waals surface area contributed by atoms with E-state index in [1.54, 1.807) is 0 Å². The summed E-state index contributed by atoms with van der Waals surface area (Å²) in [5.74, 6) is 0. The molecule has 1 aromatic heterocycles. The molecule has 1 saturated heterocycles. The highest BCUT2D eigenvalue weighted by Gasteiger charge is 2.09. The van der Waals surface area contributed by atoms with Crippen molar-refractivity contribution in [3.05, 3.63) is 36.7 Å². The van der Waals surface area contributed by atoms with Crippen LogP contribution in [0.15, 0.2) is 36.7 Å². The van der Waals surface area contributed by atoms with Crippen molar-refractivity contribution in [3.63, 3.8) is 0 Å². The minimum Gasteiger partial charge on any atom is -0.353 e. The van der Waals surface area contributed by atoms with Gasteiger partial charge in [0.05, 0.1) is 0 Å².